The minimum Gasteiger partial charge on any atom is -0.508 e. The molecule has 1 aliphatic rings. The van der Waals surface area contributed by atoms with Crippen molar-refractivity contribution in [3.8, 4) is 45.8 Å². The molecule has 0 aliphatic heterocycles. The van der Waals surface area contributed by atoms with Gasteiger partial charge in [0.1, 0.15) is 34.6 Å². The lowest BCUT2D eigenvalue weighted by Gasteiger charge is -2.19. The highest BCUT2D eigenvalue weighted by molar-refractivity contribution is 6.04. The number of aromatic hydroxyl groups is 4. The molecule has 1 aromatic heterocycles. The molecular formula is C21H17N3O6. The molecule has 152 valence electrons. The number of hydrogen-bond donors (Lipinski definition) is 4. The largest absolute Gasteiger partial charge is 0.508 e. The number of phenols is 4. The van der Waals surface area contributed by atoms with Gasteiger partial charge < -0.3 is 20.4 Å². The summed E-state index contributed by atoms with van der Waals surface area (Å²) < 4.78 is 0. The van der Waals surface area contributed by atoms with Crippen molar-refractivity contribution in [2.24, 2.45) is 0 Å². The minimum atomic E-state index is -0.721. The van der Waals surface area contributed by atoms with Gasteiger partial charge in [-0.15, -0.1) is 0 Å². The number of ketones is 2. The molecule has 1 fully saturated rings. The average Bonchev–Trinajstić information content (AvgIpc) is 2.67. The third-order valence-corrected chi connectivity index (χ3v) is 4.88. The lowest BCUT2D eigenvalue weighted by molar-refractivity contribution is -0.130. The number of rotatable bonds is 3. The van der Waals surface area contributed by atoms with Crippen LogP contribution in [0.3, 0.4) is 0 Å². The summed E-state index contributed by atoms with van der Waals surface area (Å²) in [5.74, 6) is -1.84. The van der Waals surface area contributed by atoms with Crippen LogP contribution in [0.1, 0.15) is 31.0 Å². The summed E-state index contributed by atoms with van der Waals surface area (Å²) in [5, 5.41) is 39.6. The minimum absolute atomic E-state index is 0.0321. The Kier molecular flexibility index (Phi) is 4.78. The third kappa shape index (κ3) is 3.64. The maximum atomic E-state index is 12.4. The van der Waals surface area contributed by atoms with Crippen molar-refractivity contribution in [3.63, 3.8) is 0 Å². The molecule has 30 heavy (non-hydrogen) atoms. The monoisotopic (exact) mass is 407 g/mol. The van der Waals surface area contributed by atoms with E-state index in [2.05, 4.69) is 15.0 Å². The van der Waals surface area contributed by atoms with E-state index in [9.17, 15) is 30.0 Å². The molecular weight excluding hydrogens is 390 g/mol. The fourth-order valence-corrected chi connectivity index (χ4v) is 3.35. The van der Waals surface area contributed by atoms with E-state index in [0.717, 1.165) is 12.1 Å². The van der Waals surface area contributed by atoms with E-state index in [-0.39, 0.29) is 82.4 Å². The predicted octanol–water partition coefficient (Wildman–Crippen LogP) is 2.43. The van der Waals surface area contributed by atoms with Crippen LogP contribution >= 0.6 is 0 Å². The average molecular weight is 407 g/mol. The van der Waals surface area contributed by atoms with Crippen molar-refractivity contribution in [1.29, 1.82) is 0 Å². The van der Waals surface area contributed by atoms with E-state index < -0.39 is 5.92 Å². The Bertz CT molecular complexity index is 1110. The summed E-state index contributed by atoms with van der Waals surface area (Å²) in [6.45, 7) is 0. The molecule has 1 heterocycles. The quantitative estimate of drug-likeness (QED) is 0.479. The SMILES string of the molecule is O=C1CCC(c2nc(-c3ccc(O)cc3O)nc(-c3ccc(O)cc3O)n2)C(=O)C1. The van der Waals surface area contributed by atoms with E-state index in [0.29, 0.717) is 0 Å². The standard InChI is InChI=1S/C21H17N3O6/c25-10-1-4-13(16(28)7-10)19-22-20(14-5-2-11(26)8-17(14)29)24-21(23-19)15-6-3-12(27)9-18(15)30/h1-2,4-5,7-8,15,25-26,28-29H,3,6,9H2. The Labute approximate surface area is 170 Å². The number of Topliss-reactive ketones (excluding diaryl/α,β-unsaturated/α-hetero) is 2. The number of hydrogen-bond acceptors (Lipinski definition) is 9. The number of benzene rings is 2. The Balaban J connectivity index is 1.90. The molecule has 4 rings (SSSR count). The van der Waals surface area contributed by atoms with Crippen LogP contribution in [-0.4, -0.2) is 46.9 Å². The van der Waals surface area contributed by atoms with Gasteiger partial charge in [0.15, 0.2) is 17.4 Å². The normalized spacial score (nSPS) is 16.6. The molecule has 3 aromatic rings. The zero-order valence-corrected chi connectivity index (χ0v) is 15.6. The smallest absolute Gasteiger partial charge is 0.167 e. The van der Waals surface area contributed by atoms with Crippen LogP contribution in [0.5, 0.6) is 23.0 Å². The van der Waals surface area contributed by atoms with Crippen LogP contribution in [0, 0.1) is 0 Å². The first-order chi connectivity index (χ1) is 14.3. The fourth-order valence-electron chi connectivity index (χ4n) is 3.35. The van der Waals surface area contributed by atoms with E-state index in [1.807, 2.05) is 0 Å². The topological polar surface area (TPSA) is 154 Å². The van der Waals surface area contributed by atoms with Gasteiger partial charge in [0.05, 0.1) is 23.5 Å². The lowest BCUT2D eigenvalue weighted by atomic mass is 9.86. The molecule has 1 atom stereocenters. The third-order valence-electron chi connectivity index (χ3n) is 4.88. The van der Waals surface area contributed by atoms with E-state index in [1.54, 1.807) is 0 Å². The molecule has 4 N–H and O–H groups in total. The molecule has 1 saturated carbocycles. The molecule has 0 amide bonds. The highest BCUT2D eigenvalue weighted by Crippen LogP contribution is 2.35. The molecule has 0 radical (unpaired) electrons. The summed E-state index contributed by atoms with van der Waals surface area (Å²) >= 11 is 0. The van der Waals surface area contributed by atoms with Crippen LogP contribution in [-0.2, 0) is 9.59 Å². The number of phenolic OH excluding ortho intramolecular Hbond substituents is 4. The summed E-state index contributed by atoms with van der Waals surface area (Å²) in [5.41, 5.74) is 0.380. The molecule has 0 bridgehead atoms. The van der Waals surface area contributed by atoms with Gasteiger partial charge in [-0.1, -0.05) is 0 Å². The second kappa shape index (κ2) is 7.43. The maximum Gasteiger partial charge on any atom is 0.167 e. The van der Waals surface area contributed by atoms with Crippen molar-refractivity contribution in [3.05, 3.63) is 42.2 Å². The molecule has 9 nitrogen and oxygen atoms in total. The van der Waals surface area contributed by atoms with Gasteiger partial charge in [-0.25, -0.2) is 15.0 Å². The first-order valence-electron chi connectivity index (χ1n) is 9.17. The van der Waals surface area contributed by atoms with E-state index in [1.165, 1.54) is 24.3 Å². The second-order valence-corrected chi connectivity index (χ2v) is 7.02. The van der Waals surface area contributed by atoms with Crippen LogP contribution in [0.15, 0.2) is 36.4 Å². The van der Waals surface area contributed by atoms with Crippen LogP contribution in [0.25, 0.3) is 22.8 Å². The molecule has 0 saturated heterocycles. The van der Waals surface area contributed by atoms with Crippen molar-refractivity contribution in [1.82, 2.24) is 15.0 Å². The Hall–Kier alpha value is -4.01. The second-order valence-electron chi connectivity index (χ2n) is 7.02. The number of carbonyl (C=O) groups is 2. The van der Waals surface area contributed by atoms with Gasteiger partial charge in [-0.3, -0.25) is 9.59 Å². The van der Waals surface area contributed by atoms with Crippen molar-refractivity contribution < 1.29 is 30.0 Å². The number of nitrogens with zero attached hydrogens (tertiary/aromatic N) is 3. The summed E-state index contributed by atoms with van der Waals surface area (Å²) in [7, 11) is 0. The first kappa shape index (κ1) is 19.3. The van der Waals surface area contributed by atoms with E-state index in [4.69, 9.17) is 0 Å². The zero-order chi connectivity index (χ0) is 21.4. The number of aromatic nitrogens is 3. The Morgan fingerprint density at radius 3 is 1.77 bits per heavy atom. The van der Waals surface area contributed by atoms with Gasteiger partial charge in [0, 0.05) is 18.6 Å². The molecule has 2 aromatic carbocycles. The Morgan fingerprint density at radius 1 is 0.767 bits per heavy atom. The maximum absolute atomic E-state index is 12.4. The summed E-state index contributed by atoms with van der Waals surface area (Å²) in [6.07, 6.45) is 0.279. The van der Waals surface area contributed by atoms with Gasteiger partial charge in [-0.2, -0.15) is 0 Å². The predicted molar refractivity (Wildman–Crippen MR) is 104 cm³/mol. The van der Waals surface area contributed by atoms with E-state index >= 15 is 0 Å². The fraction of sp³-hybridized carbons (Fsp3) is 0.190. The molecule has 1 unspecified atom stereocenters. The number of carbonyl (C=O) groups excluding carboxylic acids is 2. The highest BCUT2D eigenvalue weighted by atomic mass is 16.3. The van der Waals surface area contributed by atoms with Gasteiger partial charge >= 0.3 is 0 Å². The van der Waals surface area contributed by atoms with Crippen LogP contribution in [0.2, 0.25) is 0 Å². The van der Waals surface area contributed by atoms with Crippen molar-refractivity contribution >= 4 is 11.6 Å². The van der Waals surface area contributed by atoms with Crippen molar-refractivity contribution in [2.45, 2.75) is 25.2 Å². The van der Waals surface area contributed by atoms with Gasteiger partial charge in [0.2, 0.25) is 0 Å². The lowest BCUT2D eigenvalue weighted by Crippen LogP contribution is -2.25. The molecule has 0 spiro atoms. The molecule has 9 heteroatoms. The summed E-state index contributed by atoms with van der Waals surface area (Å²) in [4.78, 5) is 37.0. The molecule has 1 aliphatic carbocycles. The first-order valence-corrected chi connectivity index (χ1v) is 9.17. The van der Waals surface area contributed by atoms with Crippen LogP contribution in [0.4, 0.5) is 0 Å². The summed E-state index contributed by atoms with van der Waals surface area (Å²) in [6, 6.07) is 7.77. The van der Waals surface area contributed by atoms with Crippen molar-refractivity contribution in [2.75, 3.05) is 0 Å². The highest BCUT2D eigenvalue weighted by Gasteiger charge is 2.31. The van der Waals surface area contributed by atoms with Gasteiger partial charge in [0.25, 0.3) is 0 Å². The Morgan fingerprint density at radius 2 is 1.30 bits per heavy atom. The van der Waals surface area contributed by atoms with Crippen LogP contribution < -0.4 is 0 Å². The zero-order valence-electron chi connectivity index (χ0n) is 15.6. The van der Waals surface area contributed by atoms with Gasteiger partial charge in [-0.05, 0) is 30.7 Å².